The zero-order chi connectivity index (χ0) is 18.6. The molecule has 2 atom stereocenters. The fourth-order valence-corrected chi connectivity index (χ4v) is 5.05. The summed E-state index contributed by atoms with van der Waals surface area (Å²) < 4.78 is 5.46. The smallest absolute Gasteiger partial charge is 0.306 e. The number of thioether (sulfide) groups is 1. The first-order chi connectivity index (χ1) is 12.7. The van der Waals surface area contributed by atoms with E-state index in [0.29, 0.717) is 11.7 Å². The quantitative estimate of drug-likeness (QED) is 0.209. The van der Waals surface area contributed by atoms with Crippen molar-refractivity contribution < 1.29 is 9.53 Å². The first-order valence-electron chi connectivity index (χ1n) is 10.3. The number of halogens is 1. The Morgan fingerprint density at radius 3 is 2.69 bits per heavy atom. The van der Waals surface area contributed by atoms with Gasteiger partial charge in [-0.2, -0.15) is 0 Å². The third kappa shape index (κ3) is 8.35. The Hall–Kier alpha value is -0.670. The Morgan fingerprint density at radius 1 is 1.15 bits per heavy atom. The molecular formula is C22H33ClO2S. The zero-order valence-corrected chi connectivity index (χ0v) is 17.6. The van der Waals surface area contributed by atoms with Crippen LogP contribution in [0.15, 0.2) is 29.2 Å². The number of carbonyl (C=O) groups is 1. The number of hydrogen-bond acceptors (Lipinski definition) is 3. The molecule has 0 aromatic heterocycles. The minimum Gasteiger partial charge on any atom is -0.462 e. The normalized spacial score (nSPS) is 18.5. The number of cyclic esters (lactones) is 1. The summed E-state index contributed by atoms with van der Waals surface area (Å²) in [5.41, 5.74) is 0. The van der Waals surface area contributed by atoms with Gasteiger partial charge in [0.25, 0.3) is 0 Å². The lowest BCUT2D eigenvalue weighted by Gasteiger charge is -2.23. The van der Waals surface area contributed by atoms with Crippen LogP contribution >= 0.6 is 23.4 Å². The molecule has 0 amide bonds. The fraction of sp³-hybridized carbons (Fsp3) is 0.682. The Morgan fingerprint density at radius 2 is 1.92 bits per heavy atom. The maximum Gasteiger partial charge on any atom is 0.306 e. The molecule has 1 aromatic carbocycles. The van der Waals surface area contributed by atoms with E-state index < -0.39 is 0 Å². The summed E-state index contributed by atoms with van der Waals surface area (Å²) in [6.45, 7) is 2.26. The Bertz CT molecular complexity index is 535. The van der Waals surface area contributed by atoms with Gasteiger partial charge in [0.2, 0.25) is 0 Å². The van der Waals surface area contributed by atoms with Gasteiger partial charge in [-0.15, -0.1) is 11.8 Å². The van der Waals surface area contributed by atoms with Gasteiger partial charge in [0, 0.05) is 16.6 Å². The molecule has 1 saturated heterocycles. The summed E-state index contributed by atoms with van der Waals surface area (Å²) >= 11 is 8.29. The van der Waals surface area contributed by atoms with E-state index in [2.05, 4.69) is 19.1 Å². The SMILES string of the molecule is CCCCCCCC(CCC[C@H]1CCCC(=O)O1)Sc1ccccc1Cl. The van der Waals surface area contributed by atoms with Gasteiger partial charge in [-0.25, -0.2) is 0 Å². The van der Waals surface area contributed by atoms with E-state index in [1.54, 1.807) is 0 Å². The van der Waals surface area contributed by atoms with Crippen LogP contribution in [0.25, 0.3) is 0 Å². The lowest BCUT2D eigenvalue weighted by molar-refractivity contribution is -0.154. The molecule has 2 nitrogen and oxygen atoms in total. The van der Waals surface area contributed by atoms with Crippen LogP contribution < -0.4 is 0 Å². The number of hydrogen-bond donors (Lipinski definition) is 0. The molecule has 0 spiro atoms. The lowest BCUT2D eigenvalue weighted by Crippen LogP contribution is -2.23. The predicted octanol–water partition coefficient (Wildman–Crippen LogP) is 7.43. The van der Waals surface area contributed by atoms with Crippen molar-refractivity contribution >= 4 is 29.3 Å². The summed E-state index contributed by atoms with van der Waals surface area (Å²) in [5.74, 6) is -0.0147. The van der Waals surface area contributed by atoms with Crippen LogP contribution in [0.5, 0.6) is 0 Å². The molecule has 1 fully saturated rings. The minimum absolute atomic E-state index is 0.0147. The molecule has 0 aliphatic carbocycles. The van der Waals surface area contributed by atoms with Gasteiger partial charge in [0.1, 0.15) is 6.10 Å². The van der Waals surface area contributed by atoms with Gasteiger partial charge in [-0.3, -0.25) is 4.79 Å². The van der Waals surface area contributed by atoms with Crippen molar-refractivity contribution in [3.8, 4) is 0 Å². The highest BCUT2D eigenvalue weighted by Crippen LogP contribution is 2.35. The number of rotatable bonds is 12. The van der Waals surface area contributed by atoms with E-state index in [9.17, 15) is 4.79 Å². The van der Waals surface area contributed by atoms with E-state index in [-0.39, 0.29) is 12.1 Å². The summed E-state index contributed by atoms with van der Waals surface area (Å²) in [5, 5.41) is 1.45. The molecule has 1 heterocycles. The third-order valence-electron chi connectivity index (χ3n) is 5.02. The van der Waals surface area contributed by atoms with E-state index >= 15 is 0 Å². The van der Waals surface area contributed by atoms with Gasteiger partial charge >= 0.3 is 5.97 Å². The topological polar surface area (TPSA) is 26.3 Å². The summed E-state index contributed by atoms with van der Waals surface area (Å²) in [4.78, 5) is 12.6. The van der Waals surface area contributed by atoms with Crippen molar-refractivity contribution in [1.29, 1.82) is 0 Å². The van der Waals surface area contributed by atoms with Crippen molar-refractivity contribution in [2.75, 3.05) is 0 Å². The van der Waals surface area contributed by atoms with Crippen molar-refractivity contribution in [3.63, 3.8) is 0 Å². The lowest BCUT2D eigenvalue weighted by atomic mass is 10.0. The number of benzene rings is 1. The highest BCUT2D eigenvalue weighted by molar-refractivity contribution is 8.00. The monoisotopic (exact) mass is 396 g/mol. The molecule has 4 heteroatoms. The third-order valence-corrected chi connectivity index (χ3v) is 6.87. The predicted molar refractivity (Wildman–Crippen MR) is 112 cm³/mol. The van der Waals surface area contributed by atoms with Gasteiger partial charge < -0.3 is 4.74 Å². The fourth-order valence-electron chi connectivity index (χ4n) is 3.51. The van der Waals surface area contributed by atoms with E-state index in [1.165, 1.54) is 43.4 Å². The molecule has 0 bridgehead atoms. The molecule has 0 N–H and O–H groups in total. The largest absolute Gasteiger partial charge is 0.462 e. The maximum absolute atomic E-state index is 11.4. The average Bonchev–Trinajstić information content (AvgIpc) is 2.63. The Labute approximate surface area is 168 Å². The second kappa shape index (κ2) is 12.7. The van der Waals surface area contributed by atoms with Gasteiger partial charge in [-0.1, -0.05) is 62.8 Å². The summed E-state index contributed by atoms with van der Waals surface area (Å²) in [6.07, 6.45) is 13.9. The van der Waals surface area contributed by atoms with Gasteiger partial charge in [-0.05, 0) is 50.7 Å². The molecule has 0 radical (unpaired) electrons. The molecule has 1 unspecified atom stereocenters. The van der Waals surface area contributed by atoms with Crippen LogP contribution in [-0.4, -0.2) is 17.3 Å². The van der Waals surface area contributed by atoms with Crippen LogP contribution in [0.3, 0.4) is 0 Å². The molecule has 2 rings (SSSR count). The van der Waals surface area contributed by atoms with Crippen LogP contribution in [0, 0.1) is 0 Å². The zero-order valence-electron chi connectivity index (χ0n) is 16.1. The maximum atomic E-state index is 11.4. The van der Waals surface area contributed by atoms with Crippen molar-refractivity contribution in [2.24, 2.45) is 0 Å². The van der Waals surface area contributed by atoms with Gasteiger partial charge in [0.05, 0.1) is 5.02 Å². The van der Waals surface area contributed by atoms with Crippen molar-refractivity contribution in [1.82, 2.24) is 0 Å². The molecule has 1 aliphatic rings. The van der Waals surface area contributed by atoms with Crippen LogP contribution in [-0.2, 0) is 9.53 Å². The standard InChI is InChI=1S/C22H33ClO2S/c1-2-3-4-5-6-13-19(26-21-16-8-7-15-20(21)23)14-9-11-18-12-10-17-22(24)25-18/h7-8,15-16,18-19H,2-6,9-14,17H2,1H3/t18-,19?/m0/s1. The molecule has 26 heavy (non-hydrogen) atoms. The van der Waals surface area contributed by atoms with Crippen LogP contribution in [0.2, 0.25) is 5.02 Å². The molecule has 0 saturated carbocycles. The van der Waals surface area contributed by atoms with E-state index in [1.807, 2.05) is 23.9 Å². The number of esters is 1. The van der Waals surface area contributed by atoms with E-state index in [4.69, 9.17) is 16.3 Å². The molecule has 1 aliphatic heterocycles. The second-order valence-electron chi connectivity index (χ2n) is 7.31. The Kier molecular flexibility index (Phi) is 10.5. The highest BCUT2D eigenvalue weighted by Gasteiger charge is 2.20. The van der Waals surface area contributed by atoms with Crippen LogP contribution in [0.1, 0.15) is 84.0 Å². The first kappa shape index (κ1) is 21.6. The van der Waals surface area contributed by atoms with Crippen LogP contribution in [0.4, 0.5) is 0 Å². The molecular weight excluding hydrogens is 364 g/mol. The second-order valence-corrected chi connectivity index (χ2v) is 9.06. The first-order valence-corrected chi connectivity index (χ1v) is 11.6. The van der Waals surface area contributed by atoms with Gasteiger partial charge in [0.15, 0.2) is 0 Å². The Balaban J connectivity index is 1.79. The van der Waals surface area contributed by atoms with Crippen molar-refractivity contribution in [2.45, 2.75) is 100 Å². The summed E-state index contributed by atoms with van der Waals surface area (Å²) in [7, 11) is 0. The molecule has 1 aromatic rings. The summed E-state index contributed by atoms with van der Waals surface area (Å²) in [6, 6.07) is 8.15. The average molecular weight is 397 g/mol. The highest BCUT2D eigenvalue weighted by atomic mass is 35.5. The van der Waals surface area contributed by atoms with E-state index in [0.717, 1.165) is 37.1 Å². The molecule has 146 valence electrons. The number of unbranched alkanes of at least 4 members (excludes halogenated alkanes) is 4. The van der Waals surface area contributed by atoms with Crippen molar-refractivity contribution in [3.05, 3.63) is 29.3 Å². The number of carbonyl (C=O) groups excluding carboxylic acids is 1. The minimum atomic E-state index is -0.0147. The number of ether oxygens (including phenoxy) is 1.